The van der Waals surface area contributed by atoms with E-state index < -0.39 is 0 Å². The fourth-order valence-electron chi connectivity index (χ4n) is 1.86. The molecule has 1 aromatic rings. The van der Waals surface area contributed by atoms with Gasteiger partial charge in [0.25, 0.3) is 0 Å². The molecule has 0 heterocycles. The molecule has 1 fully saturated rings. The van der Waals surface area contributed by atoms with Crippen LogP contribution in [0.25, 0.3) is 0 Å². The molecule has 0 aromatic heterocycles. The van der Waals surface area contributed by atoms with Crippen LogP contribution in [0.15, 0.2) is 41.3 Å². The van der Waals surface area contributed by atoms with Gasteiger partial charge in [0.05, 0.1) is 0 Å². The van der Waals surface area contributed by atoms with Crippen LogP contribution in [0, 0.1) is 0 Å². The van der Waals surface area contributed by atoms with Gasteiger partial charge in [0, 0.05) is 23.2 Å². The summed E-state index contributed by atoms with van der Waals surface area (Å²) in [6, 6.07) is 9.72. The van der Waals surface area contributed by atoms with Crippen LogP contribution in [0.3, 0.4) is 0 Å². The zero-order chi connectivity index (χ0) is 13.9. The predicted octanol–water partition coefficient (Wildman–Crippen LogP) is 4.38. The summed E-state index contributed by atoms with van der Waals surface area (Å²) in [7, 11) is 0. The molecule has 2 heteroatoms. The first kappa shape index (κ1) is 14.7. The lowest BCUT2D eigenvalue weighted by Crippen LogP contribution is -2.19. The highest BCUT2D eigenvalue weighted by molar-refractivity contribution is 7.99. The highest BCUT2D eigenvalue weighted by Crippen LogP contribution is 2.26. The van der Waals surface area contributed by atoms with Crippen LogP contribution in [0.4, 0.5) is 0 Å². The van der Waals surface area contributed by atoms with Gasteiger partial charge in [-0.05, 0) is 36.0 Å². The Kier molecular flexibility index (Phi) is 4.75. The molecule has 1 nitrogen and oxygen atoms in total. The fourth-order valence-corrected chi connectivity index (χ4v) is 2.67. The van der Waals surface area contributed by atoms with Crippen molar-refractivity contribution in [2.75, 3.05) is 12.3 Å². The van der Waals surface area contributed by atoms with Crippen LogP contribution in [-0.4, -0.2) is 18.3 Å². The Labute approximate surface area is 121 Å². The smallest absolute Gasteiger partial charge is 0.0200 e. The van der Waals surface area contributed by atoms with E-state index in [1.165, 1.54) is 28.9 Å². The maximum Gasteiger partial charge on any atom is 0.0200 e. The van der Waals surface area contributed by atoms with Crippen molar-refractivity contribution in [3.63, 3.8) is 0 Å². The van der Waals surface area contributed by atoms with Crippen molar-refractivity contribution in [3.8, 4) is 0 Å². The highest BCUT2D eigenvalue weighted by atomic mass is 32.2. The average molecular weight is 275 g/mol. The van der Waals surface area contributed by atoms with Gasteiger partial charge in [-0.3, -0.25) is 0 Å². The van der Waals surface area contributed by atoms with E-state index in [1.807, 2.05) is 11.8 Å². The molecular weight excluding hydrogens is 250 g/mol. The van der Waals surface area contributed by atoms with Gasteiger partial charge in [0.1, 0.15) is 0 Å². The van der Waals surface area contributed by atoms with Crippen LogP contribution in [0.2, 0.25) is 0 Å². The first-order chi connectivity index (χ1) is 8.95. The van der Waals surface area contributed by atoms with Gasteiger partial charge in [0.15, 0.2) is 0 Å². The molecule has 0 unspecified atom stereocenters. The van der Waals surface area contributed by atoms with Gasteiger partial charge in [-0.25, -0.2) is 0 Å². The Morgan fingerprint density at radius 3 is 2.42 bits per heavy atom. The second-order valence-corrected chi connectivity index (χ2v) is 7.52. The van der Waals surface area contributed by atoms with Crippen molar-refractivity contribution < 1.29 is 0 Å². The molecule has 1 aliphatic carbocycles. The van der Waals surface area contributed by atoms with Crippen LogP contribution in [-0.2, 0) is 5.41 Å². The lowest BCUT2D eigenvalue weighted by molar-refractivity contribution is 0.590. The maximum atomic E-state index is 4.14. The second kappa shape index (κ2) is 6.15. The first-order valence-corrected chi connectivity index (χ1v) is 8.07. The quantitative estimate of drug-likeness (QED) is 0.610. The van der Waals surface area contributed by atoms with Crippen LogP contribution in [0.5, 0.6) is 0 Å². The summed E-state index contributed by atoms with van der Waals surface area (Å²) in [4.78, 5) is 1.33. The minimum absolute atomic E-state index is 0.237. The van der Waals surface area contributed by atoms with Crippen LogP contribution in [0.1, 0.15) is 39.2 Å². The van der Waals surface area contributed by atoms with Gasteiger partial charge in [-0.15, -0.1) is 11.8 Å². The van der Waals surface area contributed by atoms with Crippen molar-refractivity contribution >= 4 is 11.8 Å². The van der Waals surface area contributed by atoms with Crippen molar-refractivity contribution in [2.24, 2.45) is 0 Å². The third kappa shape index (κ3) is 5.04. The number of thioether (sulfide) groups is 1. The van der Waals surface area contributed by atoms with E-state index in [0.29, 0.717) is 0 Å². The number of hydrogen-bond donors (Lipinski definition) is 1. The Bertz CT molecular complexity index is 424. The van der Waals surface area contributed by atoms with Crippen molar-refractivity contribution in [1.82, 2.24) is 5.32 Å². The summed E-state index contributed by atoms with van der Waals surface area (Å²) < 4.78 is 0. The maximum absolute atomic E-state index is 4.14. The summed E-state index contributed by atoms with van der Waals surface area (Å²) in [5.74, 6) is 1.01. The van der Waals surface area contributed by atoms with E-state index in [4.69, 9.17) is 0 Å². The summed E-state index contributed by atoms with van der Waals surface area (Å²) in [6.07, 6.45) is 2.68. The lowest BCUT2D eigenvalue weighted by Gasteiger charge is -2.19. The number of hydrogen-bond acceptors (Lipinski definition) is 2. The van der Waals surface area contributed by atoms with Gasteiger partial charge in [-0.1, -0.05) is 45.1 Å². The first-order valence-electron chi connectivity index (χ1n) is 7.08. The molecule has 0 radical (unpaired) electrons. The molecule has 1 saturated carbocycles. The standard InChI is InChI=1S/C17H25NS/c1-13(11-18-15-7-8-15)12-19-16-9-5-14(6-10-16)17(2,3)4/h5-6,9-10,15,18H,1,7-8,11-12H2,2-4H3. The zero-order valence-electron chi connectivity index (χ0n) is 12.3. The second-order valence-electron chi connectivity index (χ2n) is 6.47. The van der Waals surface area contributed by atoms with Crippen LogP contribution >= 0.6 is 11.8 Å². The Morgan fingerprint density at radius 2 is 1.89 bits per heavy atom. The molecule has 2 rings (SSSR count). The molecule has 0 spiro atoms. The Hall–Kier alpha value is -0.730. The molecule has 19 heavy (non-hydrogen) atoms. The molecule has 0 aliphatic heterocycles. The SMILES string of the molecule is C=C(CNC1CC1)CSc1ccc(C(C)(C)C)cc1. The van der Waals surface area contributed by atoms with E-state index in [2.05, 4.69) is 56.9 Å². The summed E-state index contributed by atoms with van der Waals surface area (Å²) in [6.45, 7) is 11.9. The van der Waals surface area contributed by atoms with Crippen molar-refractivity contribution in [1.29, 1.82) is 0 Å². The van der Waals surface area contributed by atoms with E-state index in [0.717, 1.165) is 18.3 Å². The third-order valence-electron chi connectivity index (χ3n) is 3.38. The monoisotopic (exact) mass is 275 g/mol. The fraction of sp³-hybridized carbons (Fsp3) is 0.529. The normalized spacial score (nSPS) is 15.5. The summed E-state index contributed by atoms with van der Waals surface area (Å²) in [5, 5.41) is 3.51. The van der Waals surface area contributed by atoms with Gasteiger partial charge < -0.3 is 5.32 Å². The molecule has 0 bridgehead atoms. The van der Waals surface area contributed by atoms with Gasteiger partial charge in [0.2, 0.25) is 0 Å². The predicted molar refractivity (Wildman–Crippen MR) is 86.0 cm³/mol. The van der Waals surface area contributed by atoms with E-state index >= 15 is 0 Å². The van der Waals surface area contributed by atoms with E-state index in [-0.39, 0.29) is 5.41 Å². The number of rotatable bonds is 6. The molecule has 0 saturated heterocycles. The van der Waals surface area contributed by atoms with Crippen molar-refractivity contribution in [3.05, 3.63) is 42.0 Å². The van der Waals surface area contributed by atoms with Crippen LogP contribution < -0.4 is 5.32 Å². The highest BCUT2D eigenvalue weighted by Gasteiger charge is 2.20. The van der Waals surface area contributed by atoms with Gasteiger partial charge >= 0.3 is 0 Å². The molecule has 1 aliphatic rings. The molecule has 104 valence electrons. The molecular formula is C17H25NS. The van der Waals surface area contributed by atoms with E-state index in [9.17, 15) is 0 Å². The molecule has 1 N–H and O–H groups in total. The number of benzene rings is 1. The minimum Gasteiger partial charge on any atom is -0.310 e. The third-order valence-corrected chi connectivity index (χ3v) is 4.54. The Morgan fingerprint density at radius 1 is 1.26 bits per heavy atom. The molecule has 1 aromatic carbocycles. The topological polar surface area (TPSA) is 12.0 Å². The largest absolute Gasteiger partial charge is 0.310 e. The lowest BCUT2D eigenvalue weighted by atomic mass is 9.87. The zero-order valence-corrected chi connectivity index (χ0v) is 13.1. The van der Waals surface area contributed by atoms with Gasteiger partial charge in [-0.2, -0.15) is 0 Å². The molecule has 0 amide bonds. The molecule has 0 atom stereocenters. The van der Waals surface area contributed by atoms with Crippen molar-refractivity contribution in [2.45, 2.75) is 50.0 Å². The summed E-state index contributed by atoms with van der Waals surface area (Å²) in [5.41, 5.74) is 2.92. The number of nitrogens with one attached hydrogen (secondary N) is 1. The minimum atomic E-state index is 0.237. The Balaban J connectivity index is 1.77. The summed E-state index contributed by atoms with van der Waals surface area (Å²) >= 11 is 1.88. The van der Waals surface area contributed by atoms with E-state index in [1.54, 1.807) is 0 Å². The average Bonchev–Trinajstić information content (AvgIpc) is 3.17.